The summed E-state index contributed by atoms with van der Waals surface area (Å²) in [5.41, 5.74) is 1.16. The lowest BCUT2D eigenvalue weighted by molar-refractivity contribution is -0.359. The maximum Gasteiger partial charge on any atom is 0.246 e. The van der Waals surface area contributed by atoms with Crippen molar-refractivity contribution >= 4 is 23.6 Å². The van der Waals surface area contributed by atoms with Crippen molar-refractivity contribution in [2.24, 2.45) is 0 Å². The summed E-state index contributed by atoms with van der Waals surface area (Å²) in [6.07, 6.45) is -31.5. The summed E-state index contributed by atoms with van der Waals surface area (Å²) in [5.74, 6) is 9.17. The number of carbonyl (C=O) groups excluding carboxylic acids is 4. The molecule has 0 aromatic heterocycles. The van der Waals surface area contributed by atoms with E-state index in [-0.39, 0.29) is 52.2 Å². The number of aliphatic hydroxyl groups excluding tert-OH is 14. The molecule has 0 aliphatic carbocycles. The summed E-state index contributed by atoms with van der Waals surface area (Å²) in [4.78, 5) is 48.8. The van der Waals surface area contributed by atoms with Crippen molar-refractivity contribution in [1.82, 2.24) is 21.3 Å². The summed E-state index contributed by atoms with van der Waals surface area (Å²) in [6.45, 7) is -4.83. The van der Waals surface area contributed by atoms with Gasteiger partial charge >= 0.3 is 0 Å². The highest BCUT2D eigenvalue weighted by molar-refractivity contribution is 5.80. The van der Waals surface area contributed by atoms with E-state index < -0.39 is 199 Å². The fraction of sp³-hybridized carbons (Fsp3) is 0.720. The molecule has 5 rings (SSSR count). The van der Waals surface area contributed by atoms with Crippen LogP contribution in [0.4, 0.5) is 0 Å². The van der Waals surface area contributed by atoms with E-state index in [1.807, 2.05) is 0 Å². The van der Waals surface area contributed by atoms with Crippen LogP contribution in [0.3, 0.4) is 0 Å². The van der Waals surface area contributed by atoms with Crippen LogP contribution in [0.1, 0.15) is 24.0 Å². The molecule has 0 unspecified atom stereocenters. The Kier molecular flexibility index (Phi) is 29.0. The van der Waals surface area contributed by atoms with Gasteiger partial charge < -0.3 is 140 Å². The summed E-state index contributed by atoms with van der Waals surface area (Å²) < 4.78 is 53.9. The SMILES string of the molecule is O=C(COCC(=O)NCCCO[C@@H]1O[C@H](CO)[C@H](O[C@H]2O[C@H](CO)[C@H](O)[C@H](O)[C@H]2O)[C@H](O)[C@H]1O)NCC#Cc1cccc(C#CCNC(=O)COCC(=O)NCCCO[C@@H]2O[C@H](CO)[C@H](O[C@H]3O[C@H](CO)[C@H](O)[C@H](O)[C@H]3O)[C@H](O)[C@H]2O)c1. The molecule has 4 fully saturated rings. The quantitative estimate of drug-likeness (QED) is 0.0274. The van der Waals surface area contributed by atoms with E-state index in [4.69, 9.17) is 47.4 Å². The fourth-order valence-corrected chi connectivity index (χ4v) is 8.31. The van der Waals surface area contributed by atoms with Gasteiger partial charge in [-0.25, -0.2) is 0 Å². The van der Waals surface area contributed by atoms with Gasteiger partial charge in [-0.2, -0.15) is 0 Å². The lowest BCUT2D eigenvalue weighted by atomic mass is 9.97. The number of amides is 4. The number of carbonyl (C=O) groups is 4. The number of hydrogen-bond acceptors (Lipinski definition) is 28. The van der Waals surface area contributed by atoms with Gasteiger partial charge in [-0.3, -0.25) is 19.2 Å². The van der Waals surface area contributed by atoms with Crippen molar-refractivity contribution in [1.29, 1.82) is 0 Å². The topological polar surface area (TPSA) is 492 Å². The Morgan fingerprint density at radius 2 is 0.780 bits per heavy atom. The Balaban J connectivity index is 0.864. The molecule has 1 aromatic carbocycles. The van der Waals surface area contributed by atoms with Gasteiger partial charge in [0, 0.05) is 24.2 Å². The van der Waals surface area contributed by atoms with Gasteiger partial charge in [0.15, 0.2) is 25.2 Å². The van der Waals surface area contributed by atoms with Crippen LogP contribution in [-0.2, 0) is 66.5 Å². The molecule has 0 saturated carbocycles. The smallest absolute Gasteiger partial charge is 0.246 e. The minimum absolute atomic E-state index is 0.0416. The summed E-state index contributed by atoms with van der Waals surface area (Å²) >= 11 is 0. The van der Waals surface area contributed by atoms with Gasteiger partial charge in [0.2, 0.25) is 23.6 Å². The predicted molar refractivity (Wildman–Crippen MR) is 268 cm³/mol. The largest absolute Gasteiger partial charge is 0.394 e. The lowest BCUT2D eigenvalue weighted by Crippen LogP contribution is -2.64. The van der Waals surface area contributed by atoms with Crippen LogP contribution in [0.2, 0.25) is 0 Å². The van der Waals surface area contributed by atoms with E-state index >= 15 is 0 Å². The second-order valence-electron chi connectivity index (χ2n) is 18.9. The third-order valence-corrected chi connectivity index (χ3v) is 12.8. The predicted octanol–water partition coefficient (Wildman–Crippen LogP) is -11.1. The highest BCUT2D eigenvalue weighted by Gasteiger charge is 2.52. The molecular weight excluding hydrogens is 1100 g/mol. The van der Waals surface area contributed by atoms with Crippen LogP contribution in [0.5, 0.6) is 0 Å². The molecule has 1 aromatic rings. The molecule has 0 radical (unpaired) electrons. The first-order chi connectivity index (χ1) is 39.3. The molecular formula is C50H74N4O28. The summed E-state index contributed by atoms with van der Waals surface area (Å²) in [5, 5.41) is 152. The molecule has 4 aliphatic heterocycles. The average molecular weight is 1180 g/mol. The minimum Gasteiger partial charge on any atom is -0.394 e. The van der Waals surface area contributed by atoms with Crippen molar-refractivity contribution in [3.8, 4) is 23.7 Å². The zero-order chi connectivity index (χ0) is 59.9. The molecule has 32 nitrogen and oxygen atoms in total. The maximum absolute atomic E-state index is 12.2. The van der Waals surface area contributed by atoms with E-state index in [0.29, 0.717) is 11.1 Å². The van der Waals surface area contributed by atoms with Gasteiger partial charge in [0.05, 0.1) is 52.7 Å². The lowest BCUT2D eigenvalue weighted by Gasteiger charge is -2.45. The van der Waals surface area contributed by atoms with E-state index in [2.05, 4.69) is 44.9 Å². The number of aliphatic hydroxyl groups is 14. The number of nitrogens with one attached hydrogen (secondary N) is 4. The van der Waals surface area contributed by atoms with Crippen LogP contribution >= 0.6 is 0 Å². The second-order valence-corrected chi connectivity index (χ2v) is 18.9. The molecule has 4 aliphatic rings. The van der Waals surface area contributed by atoms with E-state index in [1.54, 1.807) is 24.3 Å². The Labute approximate surface area is 469 Å². The zero-order valence-electron chi connectivity index (χ0n) is 44.1. The van der Waals surface area contributed by atoms with Crippen molar-refractivity contribution < 1.29 is 138 Å². The molecule has 32 heteroatoms. The van der Waals surface area contributed by atoms with Crippen LogP contribution in [-0.4, -0.2) is 310 Å². The molecule has 4 heterocycles. The van der Waals surface area contributed by atoms with Crippen LogP contribution in [0.25, 0.3) is 0 Å². The van der Waals surface area contributed by atoms with Crippen molar-refractivity contribution in [3.63, 3.8) is 0 Å². The van der Waals surface area contributed by atoms with Crippen molar-refractivity contribution in [3.05, 3.63) is 35.4 Å². The highest BCUT2D eigenvalue weighted by atomic mass is 16.8. The number of benzene rings is 1. The van der Waals surface area contributed by atoms with E-state index in [1.165, 1.54) is 0 Å². The van der Waals surface area contributed by atoms with Gasteiger partial charge in [0.1, 0.15) is 124 Å². The third-order valence-electron chi connectivity index (χ3n) is 12.8. The van der Waals surface area contributed by atoms with E-state index in [0.717, 1.165) is 0 Å². The molecule has 82 heavy (non-hydrogen) atoms. The summed E-state index contributed by atoms with van der Waals surface area (Å²) in [6, 6.07) is 6.83. The normalized spacial score (nSPS) is 33.6. The Morgan fingerprint density at radius 1 is 0.439 bits per heavy atom. The monoisotopic (exact) mass is 1180 g/mol. The minimum atomic E-state index is -1.81. The summed E-state index contributed by atoms with van der Waals surface area (Å²) in [7, 11) is 0. The first-order valence-corrected chi connectivity index (χ1v) is 26.0. The first kappa shape index (κ1) is 68.0. The Hall–Kier alpha value is -4.74. The fourth-order valence-electron chi connectivity index (χ4n) is 8.31. The van der Waals surface area contributed by atoms with Crippen LogP contribution in [0.15, 0.2) is 24.3 Å². The van der Waals surface area contributed by atoms with E-state index in [9.17, 15) is 90.7 Å². The second kappa shape index (κ2) is 34.9. The molecule has 0 bridgehead atoms. The Bertz CT molecular complexity index is 2110. The number of hydrogen-bond donors (Lipinski definition) is 18. The highest BCUT2D eigenvalue weighted by Crippen LogP contribution is 2.31. The van der Waals surface area contributed by atoms with Gasteiger partial charge in [-0.05, 0) is 31.0 Å². The number of ether oxygens (including phenoxy) is 10. The van der Waals surface area contributed by atoms with Gasteiger partial charge in [0.25, 0.3) is 0 Å². The molecule has 20 atom stereocenters. The molecule has 0 spiro atoms. The van der Waals surface area contributed by atoms with Crippen molar-refractivity contribution in [2.75, 3.05) is 92.2 Å². The van der Waals surface area contributed by atoms with Crippen LogP contribution < -0.4 is 21.3 Å². The van der Waals surface area contributed by atoms with Gasteiger partial charge in [-0.15, -0.1) is 0 Å². The Morgan fingerprint density at radius 3 is 1.15 bits per heavy atom. The molecule has 4 saturated heterocycles. The third kappa shape index (κ3) is 20.2. The van der Waals surface area contributed by atoms with Crippen LogP contribution in [0, 0.1) is 23.7 Å². The standard InChI is InChI=1S/C50H74N4O28/c55-17-27-35(63)37(65)41(69)49(77-27)81-45-29(19-57)79-47(43(71)39(45)67)75-14-4-12-53-33(61)23-73-21-31(59)51-10-2-8-25-6-1-7-26(16-25)9-3-11-52-32(60)22-74-24-34(62)54-13-5-15-76-48-44(72)40(68)46(30(20-58)80-48)82-50-42(70)38(66)36(64)28(18-56)78-50/h1,6-7,16,27-30,35-50,55-58,63-72H,4-5,10-15,17-24H2,(H,51,59)(H,52,60)(H,53,61)(H,54,62)/t27-,28-,29-,30-,35+,36+,37+,38+,39-,40-,41-,42-,43-,44-,45+,46+,47-,48-,49-,50-/m1/s1. The molecule has 18 N–H and O–H groups in total. The zero-order valence-corrected chi connectivity index (χ0v) is 44.1. The number of rotatable bonds is 28. The maximum atomic E-state index is 12.2. The van der Waals surface area contributed by atoms with Crippen molar-refractivity contribution in [2.45, 2.75) is 136 Å². The molecule has 462 valence electrons. The van der Waals surface area contributed by atoms with Gasteiger partial charge in [-0.1, -0.05) is 29.7 Å². The first-order valence-electron chi connectivity index (χ1n) is 26.0. The average Bonchev–Trinajstić information content (AvgIpc) is 3.67. The molecule has 4 amide bonds.